The van der Waals surface area contributed by atoms with Crippen molar-refractivity contribution in [2.24, 2.45) is 0 Å². The van der Waals surface area contributed by atoms with Crippen LogP contribution in [0.4, 0.5) is 0 Å². The van der Waals surface area contributed by atoms with Crippen LogP contribution in [0.2, 0.25) is 0 Å². The third kappa shape index (κ3) is 4.57. The molecule has 1 unspecified atom stereocenters. The Morgan fingerprint density at radius 3 is 2.75 bits per heavy atom. The lowest BCUT2D eigenvalue weighted by molar-refractivity contribution is -0.134. The number of aryl methyl sites for hydroxylation is 2. The first-order valence-corrected chi connectivity index (χ1v) is 10.2. The second-order valence-corrected chi connectivity index (χ2v) is 8.30. The monoisotopic (exact) mass is 352 g/mol. The summed E-state index contributed by atoms with van der Waals surface area (Å²) in [4.78, 5) is 14.6. The number of likely N-dealkylation sites (tertiary alicyclic amines) is 1. The van der Waals surface area contributed by atoms with E-state index in [9.17, 15) is 13.2 Å². The molecule has 1 aromatic carbocycles. The molecule has 0 spiro atoms. The van der Waals surface area contributed by atoms with Crippen LogP contribution in [0.25, 0.3) is 0 Å². The lowest BCUT2D eigenvalue weighted by Gasteiger charge is -2.35. The molecule has 0 aromatic heterocycles. The average Bonchev–Trinajstić information content (AvgIpc) is 2.56. The van der Waals surface area contributed by atoms with Crippen LogP contribution in [0.3, 0.4) is 0 Å². The Bertz CT molecular complexity index is 686. The lowest BCUT2D eigenvalue weighted by Crippen LogP contribution is -2.44. The van der Waals surface area contributed by atoms with E-state index in [0.29, 0.717) is 16.5 Å². The number of carbonyl (C=O) groups is 1. The largest absolute Gasteiger partial charge is 0.340 e. The molecule has 24 heavy (non-hydrogen) atoms. The van der Waals surface area contributed by atoms with Gasteiger partial charge in [-0.15, -0.1) is 0 Å². The maximum atomic E-state index is 12.4. The van der Waals surface area contributed by atoms with Crippen molar-refractivity contribution in [1.29, 1.82) is 0 Å². The van der Waals surface area contributed by atoms with Crippen molar-refractivity contribution in [2.75, 3.05) is 13.1 Å². The summed E-state index contributed by atoms with van der Waals surface area (Å²) in [6.07, 6.45) is 4.43. The van der Waals surface area contributed by atoms with Crippen molar-refractivity contribution in [2.45, 2.75) is 63.8 Å². The maximum absolute atomic E-state index is 12.4. The van der Waals surface area contributed by atoms with E-state index in [1.54, 1.807) is 19.1 Å². The second-order valence-electron chi connectivity index (χ2n) is 6.56. The highest BCUT2D eigenvalue weighted by Gasteiger charge is 2.25. The van der Waals surface area contributed by atoms with Gasteiger partial charge in [-0.3, -0.25) is 4.79 Å². The zero-order chi connectivity index (χ0) is 17.7. The van der Waals surface area contributed by atoms with E-state index in [0.717, 1.165) is 31.4 Å². The van der Waals surface area contributed by atoms with E-state index in [1.165, 1.54) is 6.42 Å². The predicted molar refractivity (Wildman–Crippen MR) is 95.4 cm³/mol. The number of nitrogens with zero attached hydrogens (tertiary/aromatic N) is 1. The molecule has 0 saturated carbocycles. The molecule has 0 bridgehead atoms. The zero-order valence-corrected chi connectivity index (χ0v) is 15.7. The summed E-state index contributed by atoms with van der Waals surface area (Å²) < 4.78 is 27.5. The van der Waals surface area contributed by atoms with Crippen molar-refractivity contribution in [3.63, 3.8) is 0 Å². The number of carbonyl (C=O) groups excluding carboxylic acids is 1. The van der Waals surface area contributed by atoms with E-state index < -0.39 is 10.0 Å². The molecular formula is C18H28N2O3S. The summed E-state index contributed by atoms with van der Waals surface area (Å²) in [5.74, 6) is 0.0465. The van der Waals surface area contributed by atoms with Crippen molar-refractivity contribution in [3.8, 4) is 0 Å². The number of piperidine rings is 1. The first-order chi connectivity index (χ1) is 11.3. The summed E-state index contributed by atoms with van der Waals surface area (Å²) in [5.41, 5.74) is 1.61. The van der Waals surface area contributed by atoms with E-state index in [1.807, 2.05) is 17.9 Å². The van der Waals surface area contributed by atoms with Crippen molar-refractivity contribution in [1.82, 2.24) is 9.62 Å². The summed E-state index contributed by atoms with van der Waals surface area (Å²) >= 11 is 0. The Hall–Kier alpha value is -1.40. The highest BCUT2D eigenvalue weighted by Crippen LogP contribution is 2.20. The molecule has 1 saturated heterocycles. The van der Waals surface area contributed by atoms with Crippen molar-refractivity contribution >= 4 is 15.9 Å². The number of sulfonamides is 1. The van der Waals surface area contributed by atoms with Gasteiger partial charge < -0.3 is 4.90 Å². The molecule has 1 atom stereocenters. The van der Waals surface area contributed by atoms with Gasteiger partial charge in [-0.2, -0.15) is 0 Å². The number of benzene rings is 1. The van der Waals surface area contributed by atoms with Crippen LogP contribution in [-0.2, 0) is 14.8 Å². The van der Waals surface area contributed by atoms with E-state index >= 15 is 0 Å². The van der Waals surface area contributed by atoms with Crippen LogP contribution >= 0.6 is 0 Å². The summed E-state index contributed by atoms with van der Waals surface area (Å²) in [5, 5.41) is 0. The smallest absolute Gasteiger partial charge is 0.240 e. The normalized spacial score (nSPS) is 18.6. The number of hydrogen-bond donors (Lipinski definition) is 1. The van der Waals surface area contributed by atoms with Crippen LogP contribution in [0.15, 0.2) is 23.1 Å². The van der Waals surface area contributed by atoms with Gasteiger partial charge in [0.25, 0.3) is 0 Å². The van der Waals surface area contributed by atoms with Crippen molar-refractivity contribution in [3.05, 3.63) is 29.3 Å². The Morgan fingerprint density at radius 1 is 1.29 bits per heavy atom. The SMILES string of the molecule is CCC1CCCCN1C(=O)CCNS(=O)(=O)c1cc(C)ccc1C. The lowest BCUT2D eigenvalue weighted by atomic mass is 9.99. The fourth-order valence-corrected chi connectivity index (χ4v) is 4.62. The van der Waals surface area contributed by atoms with Gasteiger partial charge in [-0.1, -0.05) is 19.1 Å². The number of nitrogens with one attached hydrogen (secondary N) is 1. The van der Waals surface area contributed by atoms with Gasteiger partial charge in [0.2, 0.25) is 15.9 Å². The van der Waals surface area contributed by atoms with E-state index in [4.69, 9.17) is 0 Å². The molecular weight excluding hydrogens is 324 g/mol. The van der Waals surface area contributed by atoms with Crippen LogP contribution in [0.1, 0.15) is 50.2 Å². The van der Waals surface area contributed by atoms with E-state index in [2.05, 4.69) is 11.6 Å². The molecule has 1 aromatic rings. The fourth-order valence-electron chi connectivity index (χ4n) is 3.26. The van der Waals surface area contributed by atoms with Gasteiger partial charge in [0.05, 0.1) is 4.90 Å². The minimum Gasteiger partial charge on any atom is -0.340 e. The molecule has 2 rings (SSSR count). The average molecular weight is 353 g/mol. The molecule has 1 amide bonds. The maximum Gasteiger partial charge on any atom is 0.240 e. The van der Waals surface area contributed by atoms with Gasteiger partial charge in [0, 0.05) is 25.6 Å². The minimum atomic E-state index is -3.58. The molecule has 1 aliphatic heterocycles. The summed E-state index contributed by atoms with van der Waals surface area (Å²) in [6, 6.07) is 5.66. The molecule has 1 N–H and O–H groups in total. The summed E-state index contributed by atoms with van der Waals surface area (Å²) in [6.45, 7) is 6.67. The third-order valence-electron chi connectivity index (χ3n) is 4.68. The number of rotatable bonds is 6. The van der Waals surface area contributed by atoms with Gasteiger partial charge in [0.15, 0.2) is 0 Å². The first-order valence-electron chi connectivity index (χ1n) is 8.71. The Balaban J connectivity index is 1.95. The molecule has 5 nitrogen and oxygen atoms in total. The Kier molecular flexibility index (Phi) is 6.40. The number of hydrogen-bond acceptors (Lipinski definition) is 3. The molecule has 1 aliphatic rings. The minimum absolute atomic E-state index is 0.0465. The molecule has 6 heteroatoms. The van der Waals surface area contributed by atoms with Gasteiger partial charge in [-0.25, -0.2) is 13.1 Å². The Labute approximate surface area is 145 Å². The van der Waals surface area contributed by atoms with Gasteiger partial charge >= 0.3 is 0 Å². The Morgan fingerprint density at radius 2 is 2.04 bits per heavy atom. The molecule has 0 radical (unpaired) electrons. The van der Waals surface area contributed by atoms with Gasteiger partial charge in [0.1, 0.15) is 0 Å². The van der Waals surface area contributed by atoms with Crippen LogP contribution in [0.5, 0.6) is 0 Å². The topological polar surface area (TPSA) is 66.5 Å². The first kappa shape index (κ1) is 18.9. The van der Waals surface area contributed by atoms with Crippen LogP contribution < -0.4 is 4.72 Å². The standard InChI is InChI=1S/C18H28N2O3S/c1-4-16-7-5-6-12-20(16)18(21)10-11-19-24(22,23)17-13-14(2)8-9-15(17)3/h8-9,13,16,19H,4-7,10-12H2,1-3H3. The molecule has 1 fully saturated rings. The number of amides is 1. The highest BCUT2D eigenvalue weighted by molar-refractivity contribution is 7.89. The fraction of sp³-hybridized carbons (Fsp3) is 0.611. The third-order valence-corrected chi connectivity index (χ3v) is 6.29. The van der Waals surface area contributed by atoms with Crippen LogP contribution in [-0.4, -0.2) is 38.4 Å². The second kappa shape index (κ2) is 8.12. The van der Waals surface area contributed by atoms with Gasteiger partial charge in [-0.05, 0) is 56.7 Å². The van der Waals surface area contributed by atoms with E-state index in [-0.39, 0.29) is 18.9 Å². The van der Waals surface area contributed by atoms with Crippen molar-refractivity contribution < 1.29 is 13.2 Å². The molecule has 134 valence electrons. The van der Waals surface area contributed by atoms with Crippen LogP contribution in [0, 0.1) is 13.8 Å². The predicted octanol–water partition coefficient (Wildman–Crippen LogP) is 2.76. The zero-order valence-electron chi connectivity index (χ0n) is 14.8. The highest BCUT2D eigenvalue weighted by atomic mass is 32.2. The molecule has 0 aliphatic carbocycles. The summed E-state index contributed by atoms with van der Waals surface area (Å²) in [7, 11) is -3.58. The quantitative estimate of drug-likeness (QED) is 0.856. The molecule has 1 heterocycles.